The summed E-state index contributed by atoms with van der Waals surface area (Å²) in [5, 5.41) is 11.8. The highest BCUT2D eigenvalue weighted by Gasteiger charge is 2.21. The predicted octanol–water partition coefficient (Wildman–Crippen LogP) is 3.20. The van der Waals surface area contributed by atoms with E-state index in [1.165, 1.54) is 0 Å². The molecule has 26 heavy (non-hydrogen) atoms. The van der Waals surface area contributed by atoms with Crippen LogP contribution in [0.1, 0.15) is 41.9 Å². The third kappa shape index (κ3) is 5.88. The summed E-state index contributed by atoms with van der Waals surface area (Å²) in [5.74, 6) is -0.622. The van der Waals surface area contributed by atoms with Crippen molar-refractivity contribution in [1.82, 2.24) is 10.3 Å². The van der Waals surface area contributed by atoms with Crippen LogP contribution in [0, 0.1) is 12.8 Å². The van der Waals surface area contributed by atoms with Crippen molar-refractivity contribution in [2.75, 3.05) is 0 Å². The molecule has 1 aromatic carbocycles. The van der Waals surface area contributed by atoms with Crippen LogP contribution in [-0.4, -0.2) is 28.0 Å². The third-order valence-electron chi connectivity index (χ3n) is 3.79. The van der Waals surface area contributed by atoms with Gasteiger partial charge >= 0.3 is 5.97 Å². The average Bonchev–Trinajstić information content (AvgIpc) is 2.60. The van der Waals surface area contributed by atoms with Crippen LogP contribution in [0.15, 0.2) is 42.6 Å². The molecule has 1 atom stereocenters. The number of carboxylic acid groups (broad SMARTS) is 1. The molecule has 1 aromatic heterocycles. The summed E-state index contributed by atoms with van der Waals surface area (Å²) in [7, 11) is 0. The minimum absolute atomic E-state index is 0.166. The topological polar surface area (TPSA) is 88.5 Å². The Morgan fingerprint density at radius 1 is 1.23 bits per heavy atom. The van der Waals surface area contributed by atoms with E-state index in [1.54, 1.807) is 24.4 Å². The zero-order valence-electron chi connectivity index (χ0n) is 15.2. The van der Waals surface area contributed by atoms with Gasteiger partial charge < -0.3 is 15.2 Å². The van der Waals surface area contributed by atoms with Crippen LogP contribution < -0.4 is 10.1 Å². The van der Waals surface area contributed by atoms with E-state index in [1.807, 2.05) is 39.0 Å². The van der Waals surface area contributed by atoms with Crippen LogP contribution >= 0.6 is 0 Å². The molecule has 0 radical (unpaired) electrons. The van der Waals surface area contributed by atoms with Gasteiger partial charge in [-0.05, 0) is 49.1 Å². The molecule has 0 saturated carbocycles. The number of aromatic nitrogens is 1. The second kappa shape index (κ2) is 8.99. The predicted molar refractivity (Wildman–Crippen MR) is 98.1 cm³/mol. The zero-order valence-corrected chi connectivity index (χ0v) is 15.2. The van der Waals surface area contributed by atoms with E-state index in [0.29, 0.717) is 24.3 Å². The fraction of sp³-hybridized carbons (Fsp3) is 0.350. The quantitative estimate of drug-likeness (QED) is 0.758. The summed E-state index contributed by atoms with van der Waals surface area (Å²) in [6.07, 6.45) is 2.03. The first-order valence-electron chi connectivity index (χ1n) is 8.53. The number of hydrogen-bond acceptors (Lipinski definition) is 4. The Bertz CT molecular complexity index is 757. The number of nitrogens with one attached hydrogen (secondary N) is 1. The maximum Gasteiger partial charge on any atom is 0.326 e. The first-order valence-corrected chi connectivity index (χ1v) is 8.53. The zero-order chi connectivity index (χ0) is 19.1. The van der Waals surface area contributed by atoms with Crippen molar-refractivity contribution in [3.05, 3.63) is 59.4 Å². The van der Waals surface area contributed by atoms with Gasteiger partial charge in [0.05, 0.1) is 6.20 Å². The monoisotopic (exact) mass is 356 g/mol. The van der Waals surface area contributed by atoms with Gasteiger partial charge in [-0.3, -0.25) is 9.78 Å². The van der Waals surface area contributed by atoms with Gasteiger partial charge in [-0.15, -0.1) is 0 Å². The molecule has 0 saturated heterocycles. The van der Waals surface area contributed by atoms with Gasteiger partial charge in [-0.1, -0.05) is 26.0 Å². The Labute approximate surface area is 153 Å². The summed E-state index contributed by atoms with van der Waals surface area (Å²) in [4.78, 5) is 27.9. The van der Waals surface area contributed by atoms with Crippen LogP contribution in [-0.2, 0) is 11.4 Å². The standard InChI is InChI=1S/C20H24N2O4/c1-13(2)9-18(20(24)25)22-19(23)16-6-4-5-15(10-16)12-26-17-8-7-14(3)21-11-17/h4-8,10-11,13,18H,9,12H2,1-3H3,(H,22,23)(H,24,25)/t18-/m1/s1. The number of aliphatic carboxylic acids is 1. The average molecular weight is 356 g/mol. The van der Waals surface area contributed by atoms with Crippen LogP contribution in [0.4, 0.5) is 0 Å². The Kier molecular flexibility index (Phi) is 6.72. The van der Waals surface area contributed by atoms with Gasteiger partial charge in [0.1, 0.15) is 18.4 Å². The molecule has 2 aromatic rings. The van der Waals surface area contributed by atoms with E-state index in [4.69, 9.17) is 4.74 Å². The number of aryl methyl sites for hydroxylation is 1. The second-order valence-electron chi connectivity index (χ2n) is 6.62. The molecule has 6 nitrogen and oxygen atoms in total. The SMILES string of the molecule is Cc1ccc(OCc2cccc(C(=O)N[C@H](CC(C)C)C(=O)O)c2)cn1. The number of hydrogen-bond donors (Lipinski definition) is 2. The van der Waals surface area contributed by atoms with E-state index in [-0.39, 0.29) is 5.92 Å². The lowest BCUT2D eigenvalue weighted by molar-refractivity contribution is -0.139. The highest BCUT2D eigenvalue weighted by molar-refractivity contribution is 5.96. The number of carboxylic acids is 1. The fourth-order valence-corrected chi connectivity index (χ4v) is 2.44. The van der Waals surface area contributed by atoms with E-state index < -0.39 is 17.9 Å². The normalized spacial score (nSPS) is 11.8. The van der Waals surface area contributed by atoms with E-state index >= 15 is 0 Å². The minimum Gasteiger partial charge on any atom is -0.487 e. The van der Waals surface area contributed by atoms with Gasteiger partial charge in [-0.25, -0.2) is 4.79 Å². The molecule has 2 rings (SSSR count). The summed E-state index contributed by atoms with van der Waals surface area (Å²) >= 11 is 0. The number of carbonyl (C=O) groups excluding carboxylic acids is 1. The van der Waals surface area contributed by atoms with Crippen LogP contribution in [0.25, 0.3) is 0 Å². The molecule has 0 spiro atoms. The molecule has 138 valence electrons. The van der Waals surface area contributed by atoms with Crippen LogP contribution in [0.5, 0.6) is 5.75 Å². The molecule has 0 aliphatic carbocycles. The Balaban J connectivity index is 2.01. The highest BCUT2D eigenvalue weighted by atomic mass is 16.5. The maximum absolute atomic E-state index is 12.4. The molecule has 0 unspecified atom stereocenters. The Morgan fingerprint density at radius 2 is 2.00 bits per heavy atom. The van der Waals surface area contributed by atoms with E-state index in [9.17, 15) is 14.7 Å². The van der Waals surface area contributed by atoms with Gasteiger partial charge in [0.15, 0.2) is 0 Å². The number of pyridine rings is 1. The number of amides is 1. The largest absolute Gasteiger partial charge is 0.487 e. The van der Waals surface area contributed by atoms with Crippen molar-refractivity contribution in [1.29, 1.82) is 0 Å². The van der Waals surface area contributed by atoms with Crippen LogP contribution in [0.2, 0.25) is 0 Å². The first-order chi connectivity index (χ1) is 12.3. The molecule has 0 fully saturated rings. The van der Waals surface area contributed by atoms with Crippen molar-refractivity contribution in [2.24, 2.45) is 5.92 Å². The van der Waals surface area contributed by atoms with E-state index in [2.05, 4.69) is 10.3 Å². The molecule has 0 bridgehead atoms. The summed E-state index contributed by atoms with van der Waals surface area (Å²) in [6, 6.07) is 9.75. The summed E-state index contributed by atoms with van der Waals surface area (Å²) in [5.41, 5.74) is 2.13. The second-order valence-corrected chi connectivity index (χ2v) is 6.62. The molecule has 0 aliphatic heterocycles. The van der Waals surface area contributed by atoms with Crippen molar-refractivity contribution < 1.29 is 19.4 Å². The van der Waals surface area contributed by atoms with E-state index in [0.717, 1.165) is 11.3 Å². The highest BCUT2D eigenvalue weighted by Crippen LogP contribution is 2.13. The number of benzene rings is 1. The van der Waals surface area contributed by atoms with Gasteiger partial charge in [0.25, 0.3) is 5.91 Å². The van der Waals surface area contributed by atoms with Gasteiger partial charge in [-0.2, -0.15) is 0 Å². The summed E-state index contributed by atoms with van der Waals surface area (Å²) < 4.78 is 5.67. The molecule has 2 N–H and O–H groups in total. The minimum atomic E-state index is -1.03. The first kappa shape index (κ1) is 19.4. The lowest BCUT2D eigenvalue weighted by Gasteiger charge is -2.16. The third-order valence-corrected chi connectivity index (χ3v) is 3.79. The number of ether oxygens (including phenoxy) is 1. The number of rotatable bonds is 8. The molecule has 1 amide bonds. The lowest BCUT2D eigenvalue weighted by Crippen LogP contribution is -2.41. The fourth-order valence-electron chi connectivity index (χ4n) is 2.44. The maximum atomic E-state index is 12.4. The molecule has 0 aliphatic rings. The smallest absolute Gasteiger partial charge is 0.326 e. The molecular formula is C20H24N2O4. The summed E-state index contributed by atoms with van der Waals surface area (Å²) in [6.45, 7) is 6.02. The van der Waals surface area contributed by atoms with Crippen molar-refractivity contribution in [3.63, 3.8) is 0 Å². The van der Waals surface area contributed by atoms with Crippen LogP contribution in [0.3, 0.4) is 0 Å². The van der Waals surface area contributed by atoms with Crippen molar-refractivity contribution in [2.45, 2.75) is 39.8 Å². The number of nitrogens with zero attached hydrogens (tertiary/aromatic N) is 1. The van der Waals surface area contributed by atoms with Gasteiger partial charge in [0.2, 0.25) is 0 Å². The van der Waals surface area contributed by atoms with Gasteiger partial charge in [0, 0.05) is 11.3 Å². The molecule has 1 heterocycles. The van der Waals surface area contributed by atoms with Crippen molar-refractivity contribution in [3.8, 4) is 5.75 Å². The Hall–Kier alpha value is -2.89. The van der Waals surface area contributed by atoms with Crippen molar-refractivity contribution >= 4 is 11.9 Å². The molecule has 6 heteroatoms. The lowest BCUT2D eigenvalue weighted by atomic mass is 10.0. The number of carbonyl (C=O) groups is 2. The Morgan fingerprint density at radius 3 is 2.62 bits per heavy atom. The molecular weight excluding hydrogens is 332 g/mol.